The molecule has 0 bridgehead atoms. The van der Waals surface area contributed by atoms with Gasteiger partial charge in [0.25, 0.3) is 5.56 Å². The molecule has 0 aliphatic heterocycles. The van der Waals surface area contributed by atoms with Gasteiger partial charge in [0.15, 0.2) is 11.6 Å². The molecular weight excluding hydrogens is 363 g/mol. The minimum Gasteiger partial charge on any atom is -0.353 e. The van der Waals surface area contributed by atoms with Crippen LogP contribution in [0.1, 0.15) is 12.8 Å². The Labute approximate surface area is 153 Å². The molecule has 1 aromatic carbocycles. The molecular formula is C16H14Cl2N6O. The molecule has 9 heteroatoms. The monoisotopic (exact) mass is 376 g/mol. The molecule has 0 saturated heterocycles. The average Bonchev–Trinajstić information content (AvgIpc) is 3.34. The Morgan fingerprint density at radius 3 is 2.92 bits per heavy atom. The van der Waals surface area contributed by atoms with Crippen LogP contribution >= 0.6 is 23.2 Å². The fourth-order valence-electron chi connectivity index (χ4n) is 2.43. The zero-order valence-electron chi connectivity index (χ0n) is 13.0. The van der Waals surface area contributed by atoms with Crippen LogP contribution in [0.3, 0.4) is 0 Å². The van der Waals surface area contributed by atoms with Gasteiger partial charge in [-0.15, -0.1) is 5.10 Å². The number of aromatic nitrogens is 5. The lowest BCUT2D eigenvalue weighted by Crippen LogP contribution is -2.11. The van der Waals surface area contributed by atoms with Crippen LogP contribution in [0.25, 0.3) is 17.2 Å². The fourth-order valence-corrected chi connectivity index (χ4v) is 2.81. The first-order valence-electron chi connectivity index (χ1n) is 7.82. The summed E-state index contributed by atoms with van der Waals surface area (Å²) in [7, 11) is 0. The van der Waals surface area contributed by atoms with E-state index in [2.05, 4.69) is 25.4 Å². The van der Waals surface area contributed by atoms with E-state index in [4.69, 9.17) is 23.2 Å². The van der Waals surface area contributed by atoms with Gasteiger partial charge in [-0.2, -0.15) is 9.67 Å². The van der Waals surface area contributed by atoms with Crippen molar-refractivity contribution >= 4 is 29.2 Å². The number of H-pyrrole nitrogens is 1. The van der Waals surface area contributed by atoms with Crippen LogP contribution < -0.4 is 10.9 Å². The lowest BCUT2D eigenvalue weighted by atomic mass is 10.2. The summed E-state index contributed by atoms with van der Waals surface area (Å²) in [5.74, 6) is 1.94. The molecule has 1 aliphatic rings. The highest BCUT2D eigenvalue weighted by molar-refractivity contribution is 6.43. The Hall–Kier alpha value is -2.38. The summed E-state index contributed by atoms with van der Waals surface area (Å²) >= 11 is 12.5. The summed E-state index contributed by atoms with van der Waals surface area (Å²) in [4.78, 5) is 22.8. The van der Waals surface area contributed by atoms with Crippen molar-refractivity contribution in [3.63, 3.8) is 0 Å². The normalized spacial score (nSPS) is 13.8. The molecule has 25 heavy (non-hydrogen) atoms. The van der Waals surface area contributed by atoms with Gasteiger partial charge in [-0.1, -0.05) is 29.3 Å². The van der Waals surface area contributed by atoms with Crippen molar-refractivity contribution < 1.29 is 0 Å². The molecule has 0 atom stereocenters. The van der Waals surface area contributed by atoms with Gasteiger partial charge in [-0.05, 0) is 30.9 Å². The molecule has 2 aromatic heterocycles. The van der Waals surface area contributed by atoms with Crippen molar-refractivity contribution in [1.82, 2.24) is 24.7 Å². The highest BCUT2D eigenvalue weighted by Crippen LogP contribution is 2.34. The van der Waals surface area contributed by atoms with E-state index in [1.165, 1.54) is 29.9 Å². The second kappa shape index (κ2) is 6.50. The molecule has 3 aromatic rings. The summed E-state index contributed by atoms with van der Waals surface area (Å²) in [6, 6.07) is 6.63. The highest BCUT2D eigenvalue weighted by Gasteiger charge is 2.23. The number of anilines is 1. The summed E-state index contributed by atoms with van der Waals surface area (Å²) < 4.78 is 1.49. The van der Waals surface area contributed by atoms with Gasteiger partial charge >= 0.3 is 0 Å². The number of benzene rings is 1. The Balaban J connectivity index is 1.82. The molecule has 0 spiro atoms. The molecule has 0 unspecified atom stereocenters. The van der Waals surface area contributed by atoms with Crippen LogP contribution in [0, 0.1) is 5.92 Å². The molecule has 2 heterocycles. The maximum atomic E-state index is 11.6. The van der Waals surface area contributed by atoms with Gasteiger partial charge in [0, 0.05) is 18.2 Å². The Kier molecular flexibility index (Phi) is 4.19. The highest BCUT2D eigenvalue weighted by atomic mass is 35.5. The maximum Gasteiger partial charge on any atom is 0.252 e. The number of nitrogens with zero attached hydrogens (tertiary/aromatic N) is 4. The predicted octanol–water partition coefficient (Wildman–Crippen LogP) is 3.15. The molecule has 7 nitrogen and oxygen atoms in total. The van der Waals surface area contributed by atoms with E-state index in [1.54, 1.807) is 18.2 Å². The molecule has 4 rings (SSSR count). The Morgan fingerprint density at radius 1 is 1.32 bits per heavy atom. The largest absolute Gasteiger partial charge is 0.353 e. The molecule has 0 radical (unpaired) electrons. The lowest BCUT2D eigenvalue weighted by molar-refractivity contribution is 0.828. The topological polar surface area (TPSA) is 88.5 Å². The smallest absolute Gasteiger partial charge is 0.252 e. The molecule has 2 N–H and O–H groups in total. The lowest BCUT2D eigenvalue weighted by Gasteiger charge is -2.06. The second-order valence-electron chi connectivity index (χ2n) is 5.87. The SMILES string of the molecule is O=c1cc(-n2nc(NCC3CC3)nc2-c2cccc(Cl)c2Cl)nc[nH]1. The van der Waals surface area contributed by atoms with Crippen molar-refractivity contribution in [2.24, 2.45) is 5.92 Å². The molecule has 0 amide bonds. The summed E-state index contributed by atoms with van der Waals surface area (Å²) in [5, 5.41) is 8.46. The van der Waals surface area contributed by atoms with Gasteiger partial charge in [0.2, 0.25) is 5.95 Å². The summed E-state index contributed by atoms with van der Waals surface area (Å²) in [6.07, 6.45) is 3.76. The van der Waals surface area contributed by atoms with Crippen molar-refractivity contribution in [1.29, 1.82) is 0 Å². The minimum absolute atomic E-state index is 0.281. The minimum atomic E-state index is -0.281. The van der Waals surface area contributed by atoms with Crippen molar-refractivity contribution in [2.45, 2.75) is 12.8 Å². The Morgan fingerprint density at radius 2 is 2.16 bits per heavy atom. The fraction of sp³-hybridized carbons (Fsp3) is 0.250. The standard InChI is InChI=1S/C16H14Cl2N6O/c17-11-3-1-2-10(14(11)18)15-22-16(19-7-9-4-5-9)23-24(15)12-6-13(25)21-8-20-12/h1-3,6,8-9H,4-5,7H2,(H,19,23)(H,20,21,25). The third-order valence-electron chi connectivity index (χ3n) is 3.93. The van der Waals surface area contributed by atoms with Gasteiger partial charge < -0.3 is 10.3 Å². The van der Waals surface area contributed by atoms with Gasteiger partial charge in [0.1, 0.15) is 0 Å². The van der Waals surface area contributed by atoms with E-state index >= 15 is 0 Å². The number of halogens is 2. The van der Waals surface area contributed by atoms with E-state index in [1.807, 2.05) is 0 Å². The molecule has 1 aliphatic carbocycles. The molecule has 1 saturated carbocycles. The zero-order chi connectivity index (χ0) is 17.4. The third-order valence-corrected chi connectivity index (χ3v) is 4.75. The van der Waals surface area contributed by atoms with Crippen LogP contribution in [-0.4, -0.2) is 31.3 Å². The van der Waals surface area contributed by atoms with E-state index in [-0.39, 0.29) is 5.56 Å². The first kappa shape index (κ1) is 16.1. The molecule has 1 fully saturated rings. The van der Waals surface area contributed by atoms with Gasteiger partial charge in [-0.25, -0.2) is 4.98 Å². The Bertz CT molecular complexity index is 979. The quantitative estimate of drug-likeness (QED) is 0.713. The summed E-state index contributed by atoms with van der Waals surface area (Å²) in [5.41, 5.74) is 0.333. The van der Waals surface area contributed by atoms with Crippen LogP contribution in [0.4, 0.5) is 5.95 Å². The number of hydrogen-bond acceptors (Lipinski definition) is 5. The maximum absolute atomic E-state index is 11.6. The van der Waals surface area contributed by atoms with Crippen molar-refractivity contribution in [2.75, 3.05) is 11.9 Å². The van der Waals surface area contributed by atoms with Crippen LogP contribution in [0.2, 0.25) is 10.0 Å². The van der Waals surface area contributed by atoms with E-state index < -0.39 is 0 Å². The third kappa shape index (κ3) is 3.38. The summed E-state index contributed by atoms with van der Waals surface area (Å²) in [6.45, 7) is 0.815. The molecule has 128 valence electrons. The van der Waals surface area contributed by atoms with Crippen LogP contribution in [-0.2, 0) is 0 Å². The zero-order valence-corrected chi connectivity index (χ0v) is 14.6. The van der Waals surface area contributed by atoms with E-state index in [0.717, 1.165) is 6.54 Å². The van der Waals surface area contributed by atoms with Gasteiger partial charge in [0.05, 0.1) is 16.4 Å². The van der Waals surface area contributed by atoms with E-state index in [9.17, 15) is 4.79 Å². The average molecular weight is 377 g/mol. The number of nitrogens with one attached hydrogen (secondary N) is 2. The van der Waals surface area contributed by atoms with Crippen LogP contribution in [0.5, 0.6) is 0 Å². The van der Waals surface area contributed by atoms with Crippen molar-refractivity contribution in [3.8, 4) is 17.2 Å². The number of aromatic amines is 1. The van der Waals surface area contributed by atoms with Crippen LogP contribution in [0.15, 0.2) is 35.4 Å². The van der Waals surface area contributed by atoms with E-state index in [0.29, 0.717) is 39.1 Å². The predicted molar refractivity (Wildman–Crippen MR) is 96.4 cm³/mol. The first-order chi connectivity index (χ1) is 12.1. The number of rotatable bonds is 5. The second-order valence-corrected chi connectivity index (χ2v) is 6.65. The number of hydrogen-bond donors (Lipinski definition) is 2. The first-order valence-corrected chi connectivity index (χ1v) is 8.58. The van der Waals surface area contributed by atoms with Gasteiger partial charge in [-0.3, -0.25) is 4.79 Å². The van der Waals surface area contributed by atoms with Crippen molar-refractivity contribution in [3.05, 3.63) is 51.0 Å².